The summed E-state index contributed by atoms with van der Waals surface area (Å²) in [6.07, 6.45) is 0.943. The number of nitrogens with one attached hydrogen (secondary N) is 1. The summed E-state index contributed by atoms with van der Waals surface area (Å²) in [5, 5.41) is 2.91. The Morgan fingerprint density at radius 2 is 1.24 bits per heavy atom. The van der Waals surface area contributed by atoms with E-state index in [1.54, 1.807) is 24.3 Å². The van der Waals surface area contributed by atoms with Crippen molar-refractivity contribution in [3.8, 4) is 11.5 Å². The van der Waals surface area contributed by atoms with Gasteiger partial charge in [-0.3, -0.25) is 5.09 Å². The number of aryl methyl sites for hydroxylation is 1. The summed E-state index contributed by atoms with van der Waals surface area (Å²) in [5.41, 5.74) is 1.88. The van der Waals surface area contributed by atoms with E-state index in [0.717, 1.165) is 6.42 Å². The molecule has 3 aromatic carbocycles. The third-order valence-corrected chi connectivity index (χ3v) is 5.00. The molecule has 0 aliphatic heterocycles. The van der Waals surface area contributed by atoms with Crippen molar-refractivity contribution in [1.82, 2.24) is 0 Å². The Hall–Kier alpha value is -2.71. The van der Waals surface area contributed by atoms with E-state index in [0.29, 0.717) is 17.2 Å². The van der Waals surface area contributed by atoms with E-state index < -0.39 is 7.75 Å². The largest absolute Gasteiger partial charge is 0.541 e. The Balaban J connectivity index is 1.85. The standard InChI is InChI=1S/C20H20NO3P/c1-2-17-13-15-18(16-14-17)21-25(22,23-19-9-5-3-6-10-19)24-20-11-7-4-8-12-20/h3-16H,2H2,1H3,(H,21,22). The molecule has 0 radical (unpaired) electrons. The number of rotatable bonds is 7. The molecule has 0 aromatic heterocycles. The number of hydrogen-bond acceptors (Lipinski definition) is 3. The van der Waals surface area contributed by atoms with Crippen molar-refractivity contribution >= 4 is 13.4 Å². The third-order valence-electron chi connectivity index (χ3n) is 3.57. The van der Waals surface area contributed by atoms with Crippen LogP contribution in [0.25, 0.3) is 0 Å². The van der Waals surface area contributed by atoms with Crippen LogP contribution in [0.15, 0.2) is 84.9 Å². The van der Waals surface area contributed by atoms with Crippen LogP contribution in [0, 0.1) is 0 Å². The van der Waals surface area contributed by atoms with E-state index in [-0.39, 0.29) is 0 Å². The summed E-state index contributed by atoms with van der Waals surface area (Å²) < 4.78 is 24.7. The van der Waals surface area contributed by atoms with E-state index in [4.69, 9.17) is 9.05 Å². The molecule has 0 atom stereocenters. The van der Waals surface area contributed by atoms with Crippen LogP contribution in [0.2, 0.25) is 0 Å². The van der Waals surface area contributed by atoms with Gasteiger partial charge in [-0.25, -0.2) is 4.57 Å². The summed E-state index contributed by atoms with van der Waals surface area (Å²) >= 11 is 0. The van der Waals surface area contributed by atoms with Gasteiger partial charge in [0.1, 0.15) is 11.5 Å². The quantitative estimate of drug-likeness (QED) is 0.535. The van der Waals surface area contributed by atoms with Gasteiger partial charge >= 0.3 is 7.75 Å². The van der Waals surface area contributed by atoms with Crippen LogP contribution >= 0.6 is 7.75 Å². The van der Waals surface area contributed by atoms with Crippen LogP contribution in [-0.4, -0.2) is 0 Å². The van der Waals surface area contributed by atoms with Gasteiger partial charge in [-0.05, 0) is 48.4 Å². The Labute approximate surface area is 148 Å². The minimum Gasteiger partial charge on any atom is -0.400 e. The SMILES string of the molecule is CCc1ccc(NP(=O)(Oc2ccccc2)Oc2ccccc2)cc1. The predicted molar refractivity (Wildman–Crippen MR) is 101 cm³/mol. The summed E-state index contributed by atoms with van der Waals surface area (Å²) in [6.45, 7) is 2.09. The molecule has 3 aromatic rings. The van der Waals surface area contributed by atoms with Gasteiger partial charge < -0.3 is 9.05 Å². The maximum absolute atomic E-state index is 13.3. The van der Waals surface area contributed by atoms with E-state index in [9.17, 15) is 4.57 Å². The van der Waals surface area contributed by atoms with Crippen molar-refractivity contribution in [3.05, 3.63) is 90.5 Å². The molecule has 0 heterocycles. The maximum atomic E-state index is 13.3. The van der Waals surface area contributed by atoms with Crippen LogP contribution in [0.5, 0.6) is 11.5 Å². The molecule has 0 spiro atoms. The van der Waals surface area contributed by atoms with Gasteiger partial charge in [0.2, 0.25) is 0 Å². The topological polar surface area (TPSA) is 47.6 Å². The second-order valence-electron chi connectivity index (χ2n) is 5.47. The smallest absolute Gasteiger partial charge is 0.400 e. The fraction of sp³-hybridized carbons (Fsp3) is 0.100. The molecule has 3 rings (SSSR count). The first-order valence-electron chi connectivity index (χ1n) is 8.13. The lowest BCUT2D eigenvalue weighted by atomic mass is 10.2. The van der Waals surface area contributed by atoms with Gasteiger partial charge in [-0.1, -0.05) is 55.5 Å². The molecule has 25 heavy (non-hydrogen) atoms. The van der Waals surface area contributed by atoms with Crippen LogP contribution in [0.1, 0.15) is 12.5 Å². The normalized spacial score (nSPS) is 10.9. The molecule has 0 aliphatic rings. The minimum atomic E-state index is -3.66. The monoisotopic (exact) mass is 353 g/mol. The second kappa shape index (κ2) is 7.91. The van der Waals surface area contributed by atoms with E-state index in [1.807, 2.05) is 60.7 Å². The molecule has 0 amide bonds. The van der Waals surface area contributed by atoms with Crippen LogP contribution < -0.4 is 14.1 Å². The average Bonchev–Trinajstić information content (AvgIpc) is 2.64. The zero-order valence-electron chi connectivity index (χ0n) is 14.0. The molecule has 5 heteroatoms. The second-order valence-corrected chi connectivity index (χ2v) is 7.05. The van der Waals surface area contributed by atoms with E-state index in [2.05, 4.69) is 12.0 Å². The molecule has 0 saturated carbocycles. The summed E-state index contributed by atoms with van der Waals surface area (Å²) in [6, 6.07) is 25.7. The molecule has 0 unspecified atom stereocenters. The third kappa shape index (κ3) is 4.88. The molecular weight excluding hydrogens is 333 g/mol. The first-order valence-corrected chi connectivity index (χ1v) is 9.68. The molecule has 1 N–H and O–H groups in total. The first-order chi connectivity index (χ1) is 12.2. The lowest BCUT2D eigenvalue weighted by molar-refractivity contribution is 0.393. The van der Waals surface area contributed by atoms with Crippen LogP contribution in [0.4, 0.5) is 5.69 Å². The highest BCUT2D eigenvalue weighted by molar-refractivity contribution is 7.56. The molecule has 0 fully saturated rings. The molecule has 0 saturated heterocycles. The first kappa shape index (κ1) is 17.1. The average molecular weight is 353 g/mol. The van der Waals surface area contributed by atoms with Crippen molar-refractivity contribution in [1.29, 1.82) is 0 Å². The lowest BCUT2D eigenvalue weighted by Gasteiger charge is -2.21. The van der Waals surface area contributed by atoms with Gasteiger partial charge in [0.15, 0.2) is 0 Å². The van der Waals surface area contributed by atoms with Crippen LogP contribution in [-0.2, 0) is 11.0 Å². The maximum Gasteiger partial charge on any atom is 0.541 e. The van der Waals surface area contributed by atoms with Gasteiger partial charge in [-0.15, -0.1) is 0 Å². The molecular formula is C20H20NO3P. The number of hydrogen-bond donors (Lipinski definition) is 1. The highest BCUT2D eigenvalue weighted by atomic mass is 31.2. The van der Waals surface area contributed by atoms with Gasteiger partial charge in [0.05, 0.1) is 0 Å². The van der Waals surface area contributed by atoms with Gasteiger partial charge in [0.25, 0.3) is 0 Å². The van der Waals surface area contributed by atoms with E-state index in [1.165, 1.54) is 5.56 Å². The number of benzene rings is 3. The zero-order chi connectivity index (χ0) is 17.5. The molecule has 0 bridgehead atoms. The lowest BCUT2D eigenvalue weighted by Crippen LogP contribution is -2.09. The fourth-order valence-electron chi connectivity index (χ4n) is 2.28. The molecule has 0 aliphatic carbocycles. The van der Waals surface area contributed by atoms with Crippen molar-refractivity contribution in [3.63, 3.8) is 0 Å². The van der Waals surface area contributed by atoms with Crippen molar-refractivity contribution in [2.45, 2.75) is 13.3 Å². The van der Waals surface area contributed by atoms with Gasteiger partial charge in [-0.2, -0.15) is 0 Å². The summed E-state index contributed by atoms with van der Waals surface area (Å²) in [7, 11) is -3.66. The highest BCUT2D eigenvalue weighted by Crippen LogP contribution is 2.48. The van der Waals surface area contributed by atoms with Crippen LogP contribution in [0.3, 0.4) is 0 Å². The Bertz CT molecular complexity index is 790. The Morgan fingerprint density at radius 1 is 0.760 bits per heavy atom. The minimum absolute atomic E-state index is 0.472. The van der Waals surface area contributed by atoms with E-state index >= 15 is 0 Å². The zero-order valence-corrected chi connectivity index (χ0v) is 14.9. The number of para-hydroxylation sites is 2. The fourth-order valence-corrected chi connectivity index (χ4v) is 3.67. The summed E-state index contributed by atoms with van der Waals surface area (Å²) in [5.74, 6) is 0.943. The Morgan fingerprint density at radius 3 is 1.68 bits per heavy atom. The van der Waals surface area contributed by atoms with Crippen molar-refractivity contribution in [2.75, 3.05) is 5.09 Å². The van der Waals surface area contributed by atoms with Crippen molar-refractivity contribution < 1.29 is 13.6 Å². The van der Waals surface area contributed by atoms with Crippen molar-refractivity contribution in [2.24, 2.45) is 0 Å². The van der Waals surface area contributed by atoms with Gasteiger partial charge in [0, 0.05) is 5.69 Å². The number of anilines is 1. The Kier molecular flexibility index (Phi) is 5.42. The molecule has 128 valence electrons. The highest BCUT2D eigenvalue weighted by Gasteiger charge is 2.29. The summed E-state index contributed by atoms with van der Waals surface area (Å²) in [4.78, 5) is 0. The predicted octanol–water partition coefficient (Wildman–Crippen LogP) is 5.93. The molecule has 4 nitrogen and oxygen atoms in total.